The Labute approximate surface area is 426 Å². The Hall–Kier alpha value is -9.24. The van der Waals surface area contributed by atoms with Crippen LogP contribution >= 0.6 is 0 Å². The number of fused-ring (bicyclic) bond motifs is 7. The Bertz CT molecular complexity index is 4040. The normalized spacial score (nSPS) is 15.4. The van der Waals surface area contributed by atoms with Crippen LogP contribution in [0.25, 0.3) is 71.6 Å². The van der Waals surface area contributed by atoms with E-state index in [0.717, 1.165) is 22.6 Å². The van der Waals surface area contributed by atoms with Gasteiger partial charge in [-0.3, -0.25) is 0 Å². The molecule has 12 aromatic rings. The van der Waals surface area contributed by atoms with Gasteiger partial charge in [-0.2, -0.15) is 0 Å². The van der Waals surface area contributed by atoms with Crippen molar-refractivity contribution in [1.82, 2.24) is 4.57 Å². The monoisotopic (exact) mass is 930 g/mol. The molecule has 1 aromatic heterocycles. The fourth-order valence-electron chi connectivity index (χ4n) is 12.5. The summed E-state index contributed by atoms with van der Waals surface area (Å²) in [6, 6.07) is 98.7. The maximum Gasteiger partial charge on any atom is 0.0541 e. The van der Waals surface area contributed by atoms with E-state index < -0.39 is 5.41 Å². The van der Waals surface area contributed by atoms with E-state index in [1.807, 2.05) is 0 Å². The lowest BCUT2D eigenvalue weighted by Gasteiger charge is -2.39. The van der Waals surface area contributed by atoms with E-state index in [9.17, 15) is 0 Å². The third kappa shape index (κ3) is 7.01. The van der Waals surface area contributed by atoms with E-state index >= 15 is 0 Å². The molecule has 2 nitrogen and oxygen atoms in total. The lowest BCUT2D eigenvalue weighted by molar-refractivity contribution is 0.457. The van der Waals surface area contributed by atoms with E-state index in [0.29, 0.717) is 0 Å². The quantitative estimate of drug-likeness (QED) is 0.140. The molecule has 0 amide bonds. The molecule has 0 saturated heterocycles. The molecule has 14 rings (SSSR count). The van der Waals surface area contributed by atoms with Gasteiger partial charge in [0.05, 0.1) is 22.1 Å². The average Bonchev–Trinajstić information content (AvgIpc) is 4.00. The first-order chi connectivity index (χ1) is 36.2. The van der Waals surface area contributed by atoms with Gasteiger partial charge in [0.1, 0.15) is 0 Å². The van der Waals surface area contributed by atoms with Crippen LogP contribution in [0.1, 0.15) is 28.2 Å². The van der Waals surface area contributed by atoms with Crippen molar-refractivity contribution < 1.29 is 0 Å². The molecule has 0 saturated carbocycles. The lowest BCUT2D eigenvalue weighted by Crippen LogP contribution is -2.35. The summed E-state index contributed by atoms with van der Waals surface area (Å²) in [7, 11) is 0. The van der Waals surface area contributed by atoms with E-state index in [-0.39, 0.29) is 11.8 Å². The molecule has 2 aliphatic rings. The molecule has 0 N–H and O–H groups in total. The smallest absolute Gasteiger partial charge is 0.0541 e. The van der Waals surface area contributed by atoms with Crippen LogP contribution in [0.15, 0.2) is 291 Å². The summed E-state index contributed by atoms with van der Waals surface area (Å²) >= 11 is 0. The molecule has 2 aliphatic carbocycles. The Morgan fingerprint density at radius 2 is 0.877 bits per heavy atom. The topological polar surface area (TPSA) is 8.17 Å². The molecule has 73 heavy (non-hydrogen) atoms. The van der Waals surface area contributed by atoms with Crippen LogP contribution in [-0.4, -0.2) is 4.57 Å². The summed E-state index contributed by atoms with van der Waals surface area (Å²) in [5, 5.41) is 4.97. The summed E-state index contributed by atoms with van der Waals surface area (Å²) in [5.41, 5.74) is 18.9. The predicted molar refractivity (Wildman–Crippen MR) is 307 cm³/mol. The molecule has 344 valence electrons. The van der Waals surface area contributed by atoms with Crippen LogP contribution in [0.3, 0.4) is 0 Å². The molecular weight excluding hydrogens is 881 g/mol. The Morgan fingerprint density at radius 3 is 1.64 bits per heavy atom. The number of aromatic nitrogens is 1. The highest BCUT2D eigenvalue weighted by atomic mass is 15.1. The first kappa shape index (κ1) is 42.6. The lowest BCUT2D eigenvalue weighted by atomic mass is 9.63. The Kier molecular flexibility index (Phi) is 10.3. The van der Waals surface area contributed by atoms with E-state index in [1.54, 1.807) is 0 Å². The minimum Gasteiger partial charge on any atom is -0.310 e. The Morgan fingerprint density at radius 1 is 0.342 bits per heavy atom. The standard InChI is InChI=1S/C71H50N2/c1-4-19-49(20-5-1)50-37-40-58(41-38-50)72(60-42-43-63-62-32-12-14-34-66(62)71(67(63)48-60,56-26-6-2-7-27-56)57-28-8-3-9-29-57)59-30-17-25-54(46-59)52-23-16-24-53(45-52)55-39-44-70-65(47-55)64-33-13-15-35-69(64)73(70)68-36-18-22-51-21-10-11-31-61(51)68/h1-48,62,66H. The van der Waals surface area contributed by atoms with Gasteiger partial charge in [-0.05, 0) is 128 Å². The van der Waals surface area contributed by atoms with Crippen molar-refractivity contribution >= 4 is 49.6 Å². The zero-order valence-electron chi connectivity index (χ0n) is 40.3. The van der Waals surface area contributed by atoms with Gasteiger partial charge in [0.25, 0.3) is 0 Å². The summed E-state index contributed by atoms with van der Waals surface area (Å²) < 4.78 is 2.44. The Balaban J connectivity index is 0.900. The number of para-hydroxylation sites is 1. The number of benzene rings is 11. The van der Waals surface area contributed by atoms with Gasteiger partial charge in [-0.15, -0.1) is 0 Å². The van der Waals surface area contributed by atoms with E-state index in [1.165, 1.54) is 88.3 Å². The van der Waals surface area contributed by atoms with Crippen LogP contribution in [0.2, 0.25) is 0 Å². The van der Waals surface area contributed by atoms with Crippen molar-refractivity contribution in [2.24, 2.45) is 5.92 Å². The van der Waals surface area contributed by atoms with Gasteiger partial charge >= 0.3 is 0 Å². The molecule has 0 aliphatic heterocycles. The van der Waals surface area contributed by atoms with Crippen LogP contribution < -0.4 is 4.90 Å². The number of hydrogen-bond acceptors (Lipinski definition) is 1. The van der Waals surface area contributed by atoms with Gasteiger partial charge in [-0.1, -0.05) is 224 Å². The van der Waals surface area contributed by atoms with Crippen LogP contribution in [0, 0.1) is 5.92 Å². The third-order valence-corrected chi connectivity index (χ3v) is 15.7. The maximum absolute atomic E-state index is 2.50. The van der Waals surface area contributed by atoms with Crippen molar-refractivity contribution in [2.45, 2.75) is 11.3 Å². The highest BCUT2D eigenvalue weighted by molar-refractivity contribution is 6.11. The molecule has 1 heterocycles. The van der Waals surface area contributed by atoms with E-state index in [2.05, 4.69) is 301 Å². The zero-order valence-corrected chi connectivity index (χ0v) is 40.3. The van der Waals surface area contributed by atoms with Gasteiger partial charge in [0.15, 0.2) is 0 Å². The highest BCUT2D eigenvalue weighted by Crippen LogP contribution is 2.60. The molecule has 2 heteroatoms. The van der Waals surface area contributed by atoms with Crippen LogP contribution in [0.5, 0.6) is 0 Å². The maximum atomic E-state index is 2.50. The van der Waals surface area contributed by atoms with Crippen molar-refractivity contribution in [3.8, 4) is 39.1 Å². The minimum atomic E-state index is -0.404. The van der Waals surface area contributed by atoms with Crippen molar-refractivity contribution in [2.75, 3.05) is 4.90 Å². The second-order valence-electron chi connectivity index (χ2n) is 19.6. The molecule has 0 radical (unpaired) electrons. The first-order valence-electron chi connectivity index (χ1n) is 25.5. The summed E-state index contributed by atoms with van der Waals surface area (Å²) in [6.07, 6.45) is 9.35. The van der Waals surface area contributed by atoms with Gasteiger partial charge in [-0.25, -0.2) is 0 Å². The zero-order chi connectivity index (χ0) is 48.3. The molecule has 11 aromatic carbocycles. The molecule has 2 unspecified atom stereocenters. The van der Waals surface area contributed by atoms with Crippen molar-refractivity contribution in [1.29, 1.82) is 0 Å². The molecule has 0 spiro atoms. The summed E-state index contributed by atoms with van der Waals surface area (Å²) in [5.74, 6) is 0.456. The molecular formula is C71H50N2. The molecule has 0 bridgehead atoms. The number of hydrogen-bond donors (Lipinski definition) is 0. The fourth-order valence-corrected chi connectivity index (χ4v) is 12.5. The second kappa shape index (κ2) is 17.6. The number of rotatable bonds is 9. The first-order valence-corrected chi connectivity index (χ1v) is 25.5. The molecule has 2 atom stereocenters. The van der Waals surface area contributed by atoms with Crippen molar-refractivity contribution in [3.63, 3.8) is 0 Å². The third-order valence-electron chi connectivity index (χ3n) is 15.7. The minimum absolute atomic E-state index is 0.213. The van der Waals surface area contributed by atoms with Gasteiger partial charge in [0, 0.05) is 45.1 Å². The largest absolute Gasteiger partial charge is 0.310 e. The SMILES string of the molecule is C1=CC2c3ccc(N(c4ccc(-c5ccccc5)cc4)c4cccc(-c5cccc(-c6ccc7c(c6)c6ccccc6n7-c6cccc7ccccc67)c5)c4)cc3C(c3ccccc3)(c3ccccc3)C2C=C1. The van der Waals surface area contributed by atoms with E-state index in [4.69, 9.17) is 0 Å². The average molecular weight is 931 g/mol. The number of nitrogens with zero attached hydrogens (tertiary/aromatic N) is 2. The number of anilines is 3. The number of allylic oxidation sites excluding steroid dienone is 4. The van der Waals surface area contributed by atoms with Gasteiger partial charge in [0.2, 0.25) is 0 Å². The fraction of sp³-hybridized carbons (Fsp3) is 0.0423. The van der Waals surface area contributed by atoms with Crippen molar-refractivity contribution in [3.05, 3.63) is 313 Å². The molecule has 0 fully saturated rings. The summed E-state index contributed by atoms with van der Waals surface area (Å²) in [4.78, 5) is 2.45. The summed E-state index contributed by atoms with van der Waals surface area (Å²) in [6.45, 7) is 0. The highest BCUT2D eigenvalue weighted by Gasteiger charge is 2.53. The van der Waals surface area contributed by atoms with Gasteiger partial charge < -0.3 is 9.47 Å². The van der Waals surface area contributed by atoms with Crippen LogP contribution in [-0.2, 0) is 5.41 Å². The second-order valence-corrected chi connectivity index (χ2v) is 19.6. The predicted octanol–water partition coefficient (Wildman–Crippen LogP) is 18.6. The van der Waals surface area contributed by atoms with Crippen LogP contribution in [0.4, 0.5) is 17.1 Å².